The molecule has 1 saturated heterocycles. The van der Waals surface area contributed by atoms with E-state index >= 15 is 0 Å². The number of amides is 1. The summed E-state index contributed by atoms with van der Waals surface area (Å²) in [7, 11) is 0. The highest BCUT2D eigenvalue weighted by molar-refractivity contribution is 6.06. The van der Waals surface area contributed by atoms with Crippen molar-refractivity contribution in [3.63, 3.8) is 0 Å². The van der Waals surface area contributed by atoms with Crippen molar-refractivity contribution in [3.05, 3.63) is 83.8 Å². The molecule has 0 spiro atoms. The molecule has 32 heavy (non-hydrogen) atoms. The molecule has 0 aliphatic carbocycles. The van der Waals surface area contributed by atoms with Crippen LogP contribution >= 0.6 is 0 Å². The monoisotopic (exact) mass is 429 g/mol. The van der Waals surface area contributed by atoms with E-state index in [-0.39, 0.29) is 11.7 Å². The van der Waals surface area contributed by atoms with E-state index in [9.17, 15) is 9.18 Å². The third kappa shape index (κ3) is 4.26. The first-order chi connectivity index (χ1) is 15.7. The zero-order chi connectivity index (χ0) is 21.9. The Morgan fingerprint density at radius 2 is 1.84 bits per heavy atom. The fourth-order valence-electron chi connectivity index (χ4n) is 4.95. The van der Waals surface area contributed by atoms with Crippen molar-refractivity contribution < 1.29 is 9.18 Å². The Bertz CT molecular complexity index is 1230. The highest BCUT2D eigenvalue weighted by Crippen LogP contribution is 2.33. The standard InChI is InChI=1S/C27H28FN3O/c28-21-9-10-23-25(18-30-26(23)17-21)20-11-15-31(16-12-20)14-4-13-29-27(32)24-8-3-6-19-5-1-2-7-22(19)24/h1-3,5-10,17-18,20,30H,4,11-16H2,(H,29,32). The number of carbonyl (C=O) groups excluding carboxylic acids is 1. The van der Waals surface area contributed by atoms with E-state index in [0.717, 1.165) is 66.1 Å². The molecule has 5 heteroatoms. The molecule has 2 heterocycles. The Labute approximate surface area is 187 Å². The maximum atomic E-state index is 13.4. The van der Waals surface area contributed by atoms with Crippen LogP contribution in [0.2, 0.25) is 0 Å². The maximum Gasteiger partial charge on any atom is 0.251 e. The van der Waals surface area contributed by atoms with Crippen LogP contribution in [0.15, 0.2) is 66.9 Å². The quantitative estimate of drug-likeness (QED) is 0.400. The van der Waals surface area contributed by atoms with Gasteiger partial charge in [-0.2, -0.15) is 0 Å². The van der Waals surface area contributed by atoms with E-state index in [2.05, 4.69) is 15.2 Å². The van der Waals surface area contributed by atoms with Crippen molar-refractivity contribution >= 4 is 27.6 Å². The van der Waals surface area contributed by atoms with Gasteiger partial charge in [0.05, 0.1) is 0 Å². The Hall–Kier alpha value is -3.18. The van der Waals surface area contributed by atoms with Crippen LogP contribution in [0.3, 0.4) is 0 Å². The number of piperidine rings is 1. The van der Waals surface area contributed by atoms with Crippen LogP contribution in [-0.4, -0.2) is 42.0 Å². The molecular weight excluding hydrogens is 401 g/mol. The lowest BCUT2D eigenvalue weighted by atomic mass is 9.89. The summed E-state index contributed by atoms with van der Waals surface area (Å²) in [5, 5.41) is 6.31. The lowest BCUT2D eigenvalue weighted by Gasteiger charge is -2.32. The number of carbonyl (C=O) groups is 1. The molecule has 3 aromatic carbocycles. The minimum Gasteiger partial charge on any atom is -0.361 e. The fraction of sp³-hybridized carbons (Fsp3) is 0.296. The SMILES string of the molecule is O=C(NCCCN1CCC(c2c[nH]c3cc(F)ccc23)CC1)c1cccc2ccccc12. The summed E-state index contributed by atoms with van der Waals surface area (Å²) in [6.45, 7) is 3.77. The Kier molecular flexibility index (Phi) is 5.91. The van der Waals surface area contributed by atoms with Crippen LogP contribution < -0.4 is 5.32 Å². The summed E-state index contributed by atoms with van der Waals surface area (Å²) in [4.78, 5) is 18.4. The lowest BCUT2D eigenvalue weighted by molar-refractivity contribution is 0.0952. The molecule has 4 nitrogen and oxygen atoms in total. The first-order valence-electron chi connectivity index (χ1n) is 11.4. The number of halogens is 1. The molecule has 1 fully saturated rings. The van der Waals surface area contributed by atoms with E-state index in [1.54, 1.807) is 12.1 Å². The number of H-pyrrole nitrogens is 1. The molecule has 1 aliphatic heterocycles. The number of rotatable bonds is 6. The summed E-state index contributed by atoms with van der Waals surface area (Å²) >= 11 is 0. The lowest BCUT2D eigenvalue weighted by Crippen LogP contribution is -2.35. The number of aromatic nitrogens is 1. The van der Waals surface area contributed by atoms with Crippen LogP contribution in [0.1, 0.15) is 41.1 Å². The predicted octanol–water partition coefficient (Wildman–Crippen LogP) is 5.46. The van der Waals surface area contributed by atoms with E-state index in [4.69, 9.17) is 0 Å². The van der Waals surface area contributed by atoms with Crippen molar-refractivity contribution in [2.75, 3.05) is 26.2 Å². The molecule has 0 atom stereocenters. The minimum atomic E-state index is -0.201. The molecule has 1 aromatic heterocycles. The van der Waals surface area contributed by atoms with Crippen molar-refractivity contribution in [3.8, 4) is 0 Å². The fourth-order valence-corrected chi connectivity index (χ4v) is 4.95. The molecule has 0 saturated carbocycles. The number of hydrogen-bond donors (Lipinski definition) is 2. The zero-order valence-corrected chi connectivity index (χ0v) is 18.1. The van der Waals surface area contributed by atoms with Gasteiger partial charge in [-0.05, 0) is 85.4 Å². The second-order valence-electron chi connectivity index (χ2n) is 8.69. The molecule has 1 amide bonds. The van der Waals surface area contributed by atoms with Gasteiger partial charge in [0.25, 0.3) is 5.91 Å². The highest BCUT2D eigenvalue weighted by atomic mass is 19.1. The van der Waals surface area contributed by atoms with Gasteiger partial charge < -0.3 is 15.2 Å². The number of benzene rings is 3. The van der Waals surface area contributed by atoms with E-state index in [1.807, 2.05) is 54.7 Å². The van der Waals surface area contributed by atoms with Gasteiger partial charge in [0.15, 0.2) is 0 Å². The molecular formula is C27H28FN3O. The van der Waals surface area contributed by atoms with Gasteiger partial charge in [0, 0.05) is 29.2 Å². The zero-order valence-electron chi connectivity index (χ0n) is 18.1. The molecule has 0 unspecified atom stereocenters. The minimum absolute atomic E-state index is 0.00344. The van der Waals surface area contributed by atoms with E-state index < -0.39 is 0 Å². The van der Waals surface area contributed by atoms with Gasteiger partial charge in [-0.15, -0.1) is 0 Å². The average molecular weight is 430 g/mol. The second-order valence-corrected chi connectivity index (χ2v) is 8.69. The van der Waals surface area contributed by atoms with Crippen LogP contribution in [-0.2, 0) is 0 Å². The summed E-state index contributed by atoms with van der Waals surface area (Å²) in [6.07, 6.45) is 5.19. The van der Waals surface area contributed by atoms with Gasteiger partial charge in [-0.25, -0.2) is 4.39 Å². The van der Waals surface area contributed by atoms with Gasteiger partial charge in [0.2, 0.25) is 0 Å². The highest BCUT2D eigenvalue weighted by Gasteiger charge is 2.22. The van der Waals surface area contributed by atoms with Crippen LogP contribution in [0.4, 0.5) is 4.39 Å². The molecule has 5 rings (SSSR count). The van der Waals surface area contributed by atoms with Crippen molar-refractivity contribution in [2.45, 2.75) is 25.2 Å². The predicted molar refractivity (Wildman–Crippen MR) is 128 cm³/mol. The van der Waals surface area contributed by atoms with Gasteiger partial charge in [-0.1, -0.05) is 36.4 Å². The normalized spacial score (nSPS) is 15.4. The summed E-state index contributed by atoms with van der Waals surface area (Å²) < 4.78 is 13.4. The molecule has 0 radical (unpaired) electrons. The van der Waals surface area contributed by atoms with Crippen LogP contribution in [0.5, 0.6) is 0 Å². The second kappa shape index (κ2) is 9.13. The molecule has 164 valence electrons. The number of hydrogen-bond acceptors (Lipinski definition) is 2. The number of fused-ring (bicyclic) bond motifs is 2. The Morgan fingerprint density at radius 1 is 1.03 bits per heavy atom. The summed E-state index contributed by atoms with van der Waals surface area (Å²) in [5.41, 5.74) is 2.92. The first-order valence-corrected chi connectivity index (χ1v) is 11.4. The van der Waals surface area contributed by atoms with Crippen molar-refractivity contribution in [1.82, 2.24) is 15.2 Å². The third-order valence-corrected chi connectivity index (χ3v) is 6.67. The molecule has 1 aliphatic rings. The molecule has 0 bridgehead atoms. The molecule has 2 N–H and O–H groups in total. The smallest absolute Gasteiger partial charge is 0.251 e. The Balaban J connectivity index is 1.10. The van der Waals surface area contributed by atoms with Crippen LogP contribution in [0.25, 0.3) is 21.7 Å². The molecule has 4 aromatic rings. The summed E-state index contributed by atoms with van der Waals surface area (Å²) in [5.74, 6) is 0.307. The average Bonchev–Trinajstić information content (AvgIpc) is 3.24. The number of aromatic amines is 1. The van der Waals surface area contributed by atoms with Gasteiger partial charge in [0.1, 0.15) is 5.82 Å². The first kappa shape index (κ1) is 20.7. The van der Waals surface area contributed by atoms with Crippen molar-refractivity contribution in [1.29, 1.82) is 0 Å². The number of nitrogens with one attached hydrogen (secondary N) is 2. The number of nitrogens with zero attached hydrogens (tertiary/aromatic N) is 1. The maximum absolute atomic E-state index is 13.4. The van der Waals surface area contributed by atoms with E-state index in [0.29, 0.717) is 12.5 Å². The third-order valence-electron chi connectivity index (χ3n) is 6.67. The van der Waals surface area contributed by atoms with Crippen LogP contribution in [0, 0.1) is 5.82 Å². The largest absolute Gasteiger partial charge is 0.361 e. The van der Waals surface area contributed by atoms with E-state index in [1.165, 1.54) is 5.56 Å². The number of likely N-dealkylation sites (tertiary alicyclic amines) is 1. The van der Waals surface area contributed by atoms with Crippen molar-refractivity contribution in [2.24, 2.45) is 0 Å². The van der Waals surface area contributed by atoms with Gasteiger partial charge in [-0.3, -0.25) is 4.79 Å². The Morgan fingerprint density at radius 3 is 2.72 bits per heavy atom. The summed E-state index contributed by atoms with van der Waals surface area (Å²) in [6, 6.07) is 18.9. The van der Waals surface area contributed by atoms with Gasteiger partial charge >= 0.3 is 0 Å². The topological polar surface area (TPSA) is 48.1 Å².